The molecule has 3 atom stereocenters. The third-order valence-corrected chi connectivity index (χ3v) is 5.83. The van der Waals surface area contributed by atoms with E-state index in [0.717, 1.165) is 17.9 Å². The number of nitrogens with one attached hydrogen (secondary N) is 2. The average Bonchev–Trinajstić information content (AvgIpc) is 3.16. The number of thioether (sulfide) groups is 1. The normalized spacial score (nSPS) is 22.1. The molecule has 9 nitrogen and oxygen atoms in total. The van der Waals surface area contributed by atoms with E-state index in [1.165, 1.54) is 6.33 Å². The summed E-state index contributed by atoms with van der Waals surface area (Å²) in [4.78, 5) is 34.3. The fraction of sp³-hybridized carbons (Fsp3) is 0.562. The highest BCUT2D eigenvalue weighted by Gasteiger charge is 2.31. The standard InChI is InChI=1S/C16H23N5O4S/c17-11(16(24)25)1-2-26-7-10-5-21(6-12(10)22)4-9-3-18-14-13(9)19-8-20-15(14)23/h3,8,10-12,18,22H,1-2,4-7,17H2,(H,24,25)(H,19,20,23)/t10-,11-,12+/m0/s1. The lowest BCUT2D eigenvalue weighted by Crippen LogP contribution is -2.30. The SMILES string of the molecule is N[C@@H](CCSC[C@@H]1CN(Cc2c[nH]c3c(=O)[nH]cnc23)C[C@H]1O)C(=O)O. The van der Waals surface area contributed by atoms with Crippen LogP contribution in [0.5, 0.6) is 0 Å². The Balaban J connectivity index is 1.51. The van der Waals surface area contributed by atoms with E-state index in [9.17, 15) is 14.7 Å². The van der Waals surface area contributed by atoms with Crippen molar-refractivity contribution < 1.29 is 15.0 Å². The first-order valence-corrected chi connectivity index (χ1v) is 9.61. The quantitative estimate of drug-likeness (QED) is 0.387. The molecule has 1 aliphatic rings. The summed E-state index contributed by atoms with van der Waals surface area (Å²) in [7, 11) is 0. The molecule has 6 N–H and O–H groups in total. The molecule has 3 rings (SSSR count). The van der Waals surface area contributed by atoms with Gasteiger partial charge in [0.15, 0.2) is 0 Å². The Morgan fingerprint density at radius 3 is 3.04 bits per heavy atom. The van der Waals surface area contributed by atoms with Crippen LogP contribution in [0.4, 0.5) is 0 Å². The number of aliphatic hydroxyl groups is 1. The number of nitrogens with zero attached hydrogens (tertiary/aromatic N) is 2. The van der Waals surface area contributed by atoms with Crippen LogP contribution < -0.4 is 11.3 Å². The van der Waals surface area contributed by atoms with Gasteiger partial charge in [-0.1, -0.05) is 0 Å². The molecule has 0 radical (unpaired) electrons. The maximum Gasteiger partial charge on any atom is 0.320 e. The van der Waals surface area contributed by atoms with E-state index in [-0.39, 0.29) is 11.5 Å². The van der Waals surface area contributed by atoms with Gasteiger partial charge in [-0.15, -0.1) is 0 Å². The summed E-state index contributed by atoms with van der Waals surface area (Å²) in [6, 6.07) is -0.829. The second-order valence-electron chi connectivity index (χ2n) is 6.60. The summed E-state index contributed by atoms with van der Waals surface area (Å²) in [5.74, 6) is 0.563. The number of aromatic amines is 2. The van der Waals surface area contributed by atoms with Gasteiger partial charge >= 0.3 is 5.97 Å². The lowest BCUT2D eigenvalue weighted by molar-refractivity contribution is -0.138. The van der Waals surface area contributed by atoms with Gasteiger partial charge in [0, 0.05) is 37.3 Å². The number of hydrogen-bond acceptors (Lipinski definition) is 7. The lowest BCUT2D eigenvalue weighted by Gasteiger charge is -2.15. The minimum absolute atomic E-state index is 0.127. The third kappa shape index (κ3) is 4.26. The molecular weight excluding hydrogens is 358 g/mol. The first-order valence-electron chi connectivity index (χ1n) is 8.46. The van der Waals surface area contributed by atoms with Crippen LogP contribution in [0.1, 0.15) is 12.0 Å². The minimum atomic E-state index is -0.983. The number of β-amino-alcohol motifs (C(OH)–C–C–N with tert-alkyl or cyclic N) is 1. The van der Waals surface area contributed by atoms with Crippen molar-refractivity contribution in [1.29, 1.82) is 0 Å². The highest BCUT2D eigenvalue weighted by atomic mass is 32.2. The highest BCUT2D eigenvalue weighted by molar-refractivity contribution is 7.99. The summed E-state index contributed by atoms with van der Waals surface area (Å²) in [6.45, 7) is 1.92. The highest BCUT2D eigenvalue weighted by Crippen LogP contribution is 2.24. The maximum atomic E-state index is 11.7. The molecule has 0 bridgehead atoms. The number of aliphatic hydroxyl groups excluding tert-OH is 1. The van der Waals surface area contributed by atoms with Crippen LogP contribution >= 0.6 is 11.8 Å². The van der Waals surface area contributed by atoms with Gasteiger partial charge in [-0.25, -0.2) is 4.98 Å². The van der Waals surface area contributed by atoms with Crippen molar-refractivity contribution in [3.05, 3.63) is 28.4 Å². The molecule has 3 heterocycles. The van der Waals surface area contributed by atoms with Gasteiger partial charge in [0.05, 0.1) is 17.9 Å². The fourth-order valence-electron chi connectivity index (χ4n) is 3.17. The first kappa shape index (κ1) is 18.9. The zero-order valence-corrected chi connectivity index (χ0v) is 15.0. The maximum absolute atomic E-state index is 11.7. The number of aliphatic carboxylic acids is 1. The molecule has 1 aliphatic heterocycles. The van der Waals surface area contributed by atoms with Crippen LogP contribution in [-0.2, 0) is 11.3 Å². The van der Waals surface area contributed by atoms with E-state index in [1.54, 1.807) is 18.0 Å². The zero-order chi connectivity index (χ0) is 18.7. The Morgan fingerprint density at radius 1 is 1.46 bits per heavy atom. The summed E-state index contributed by atoms with van der Waals surface area (Å²) in [5, 5.41) is 19.1. The number of carboxylic acid groups (broad SMARTS) is 1. The summed E-state index contributed by atoms with van der Waals surface area (Å²) in [6.07, 6.45) is 3.18. The molecule has 2 aromatic rings. The van der Waals surface area contributed by atoms with Crippen molar-refractivity contribution in [2.75, 3.05) is 24.6 Å². The number of H-pyrrole nitrogens is 2. The van der Waals surface area contributed by atoms with E-state index in [0.29, 0.717) is 36.3 Å². The number of aromatic nitrogens is 3. The average molecular weight is 381 g/mol. The molecule has 0 aliphatic carbocycles. The number of nitrogens with two attached hydrogens (primary N) is 1. The smallest absolute Gasteiger partial charge is 0.320 e. The largest absolute Gasteiger partial charge is 0.480 e. The van der Waals surface area contributed by atoms with Crippen LogP contribution in [0, 0.1) is 5.92 Å². The van der Waals surface area contributed by atoms with E-state index in [1.807, 2.05) is 0 Å². The van der Waals surface area contributed by atoms with Gasteiger partial charge in [-0.05, 0) is 17.9 Å². The molecule has 142 valence electrons. The summed E-state index contributed by atoms with van der Waals surface area (Å²) in [5.41, 5.74) is 7.34. The molecule has 0 unspecified atom stereocenters. The van der Waals surface area contributed by atoms with Crippen molar-refractivity contribution >= 4 is 28.8 Å². The Kier molecular flexibility index (Phi) is 5.97. The zero-order valence-electron chi connectivity index (χ0n) is 14.2. The molecule has 0 amide bonds. The lowest BCUT2D eigenvalue weighted by atomic mass is 10.1. The second-order valence-corrected chi connectivity index (χ2v) is 7.75. The molecule has 26 heavy (non-hydrogen) atoms. The van der Waals surface area contributed by atoms with Crippen LogP contribution in [-0.4, -0.2) is 72.8 Å². The molecule has 1 fully saturated rings. The van der Waals surface area contributed by atoms with Crippen molar-refractivity contribution in [1.82, 2.24) is 19.9 Å². The molecule has 0 aromatic carbocycles. The van der Waals surface area contributed by atoms with Crippen LogP contribution in [0.2, 0.25) is 0 Å². The van der Waals surface area contributed by atoms with Gasteiger partial charge < -0.3 is 25.9 Å². The van der Waals surface area contributed by atoms with Crippen molar-refractivity contribution in [3.8, 4) is 0 Å². The minimum Gasteiger partial charge on any atom is -0.480 e. The number of likely N-dealkylation sites (tertiary alicyclic amines) is 1. The Morgan fingerprint density at radius 2 is 2.27 bits per heavy atom. The first-order chi connectivity index (χ1) is 12.5. The topological polar surface area (TPSA) is 148 Å². The number of carbonyl (C=O) groups is 1. The molecule has 10 heteroatoms. The molecular formula is C16H23N5O4S. The summed E-state index contributed by atoms with van der Waals surface area (Å²) < 4.78 is 0. The molecule has 0 spiro atoms. The predicted molar refractivity (Wildman–Crippen MR) is 99.0 cm³/mol. The van der Waals surface area contributed by atoms with Crippen LogP contribution in [0.3, 0.4) is 0 Å². The number of fused-ring (bicyclic) bond motifs is 1. The monoisotopic (exact) mass is 381 g/mol. The van der Waals surface area contributed by atoms with E-state index < -0.39 is 18.1 Å². The number of carboxylic acids is 1. The summed E-state index contributed by atoms with van der Waals surface area (Å²) >= 11 is 1.62. The fourth-order valence-corrected chi connectivity index (χ4v) is 4.39. The van der Waals surface area contributed by atoms with Gasteiger partial charge in [-0.2, -0.15) is 11.8 Å². The number of hydrogen-bond donors (Lipinski definition) is 5. The molecule has 0 saturated carbocycles. The Bertz CT molecular complexity index is 822. The Hall–Kier alpha value is -1.88. The van der Waals surface area contributed by atoms with E-state index >= 15 is 0 Å². The van der Waals surface area contributed by atoms with Gasteiger partial charge in [0.1, 0.15) is 11.6 Å². The van der Waals surface area contributed by atoms with Gasteiger partial charge in [-0.3, -0.25) is 14.5 Å². The van der Waals surface area contributed by atoms with Crippen molar-refractivity contribution in [3.63, 3.8) is 0 Å². The van der Waals surface area contributed by atoms with E-state index in [4.69, 9.17) is 10.8 Å². The van der Waals surface area contributed by atoms with Crippen molar-refractivity contribution in [2.45, 2.75) is 25.1 Å². The Labute approximate surface area is 154 Å². The van der Waals surface area contributed by atoms with Crippen LogP contribution in [0.25, 0.3) is 11.0 Å². The second kappa shape index (κ2) is 8.21. The van der Waals surface area contributed by atoms with Crippen LogP contribution in [0.15, 0.2) is 17.3 Å². The van der Waals surface area contributed by atoms with Crippen molar-refractivity contribution in [2.24, 2.45) is 11.7 Å². The third-order valence-electron chi connectivity index (χ3n) is 4.65. The number of rotatable bonds is 8. The predicted octanol–water partition coefficient (Wildman–Crippen LogP) is -0.421. The van der Waals surface area contributed by atoms with E-state index in [2.05, 4.69) is 19.9 Å². The molecule has 2 aromatic heterocycles. The van der Waals surface area contributed by atoms with Gasteiger partial charge in [0.2, 0.25) is 0 Å². The molecule has 1 saturated heterocycles. The van der Waals surface area contributed by atoms with Gasteiger partial charge in [0.25, 0.3) is 5.56 Å².